The molecule has 0 unspecified atom stereocenters. The molecule has 0 N–H and O–H groups in total. The van der Waals surface area contributed by atoms with Crippen molar-refractivity contribution in [2.75, 3.05) is 0 Å². The summed E-state index contributed by atoms with van der Waals surface area (Å²) < 4.78 is 0. The van der Waals surface area contributed by atoms with Crippen molar-refractivity contribution in [3.05, 3.63) is 71.8 Å². The lowest BCUT2D eigenvalue weighted by atomic mass is 9.97. The molecule has 3 nitrogen and oxygen atoms in total. The van der Waals surface area contributed by atoms with Crippen LogP contribution in [0.4, 0.5) is 0 Å². The van der Waals surface area contributed by atoms with Crippen LogP contribution in [-0.2, 0) is 17.9 Å². The van der Waals surface area contributed by atoms with Crippen molar-refractivity contribution in [1.29, 1.82) is 0 Å². The van der Waals surface area contributed by atoms with E-state index < -0.39 is 0 Å². The van der Waals surface area contributed by atoms with Crippen LogP contribution < -0.4 is 0 Å². The van der Waals surface area contributed by atoms with Gasteiger partial charge in [-0.05, 0) is 24.0 Å². The van der Waals surface area contributed by atoms with Gasteiger partial charge in [0.05, 0.1) is 13.1 Å². The summed E-state index contributed by atoms with van der Waals surface area (Å²) in [6.45, 7) is 1.51. The molecule has 0 radical (unpaired) electrons. The maximum absolute atomic E-state index is 11.7. The number of hydrogen-bond acceptors (Lipinski definition) is 3. The number of carbonyl (C=O) groups excluding carboxylic acids is 1. The zero-order valence-electron chi connectivity index (χ0n) is 13.3. The number of carbonyl (C=O) groups is 1. The summed E-state index contributed by atoms with van der Waals surface area (Å²) >= 11 is 0. The van der Waals surface area contributed by atoms with Crippen LogP contribution in [0.15, 0.2) is 65.8 Å². The molecular formula is C20H22N2O. The van der Waals surface area contributed by atoms with Crippen LogP contribution in [0.5, 0.6) is 0 Å². The van der Waals surface area contributed by atoms with Crippen molar-refractivity contribution in [3.8, 4) is 0 Å². The van der Waals surface area contributed by atoms with E-state index in [4.69, 9.17) is 5.10 Å². The molecule has 2 aromatic rings. The van der Waals surface area contributed by atoms with E-state index in [0.717, 1.165) is 31.6 Å². The Bertz CT molecular complexity index is 623. The number of benzene rings is 2. The molecule has 0 atom stereocenters. The van der Waals surface area contributed by atoms with E-state index in [1.165, 1.54) is 11.1 Å². The maximum atomic E-state index is 11.7. The smallest absolute Gasteiger partial charge is 0.138 e. The van der Waals surface area contributed by atoms with Crippen LogP contribution >= 0.6 is 0 Å². The van der Waals surface area contributed by atoms with Gasteiger partial charge >= 0.3 is 0 Å². The zero-order valence-corrected chi connectivity index (χ0v) is 13.3. The minimum atomic E-state index is 0.314. The lowest BCUT2D eigenvalue weighted by Gasteiger charge is -2.22. The van der Waals surface area contributed by atoms with Crippen LogP contribution in [0.1, 0.15) is 36.8 Å². The van der Waals surface area contributed by atoms with Crippen molar-refractivity contribution >= 4 is 11.5 Å². The maximum Gasteiger partial charge on any atom is 0.138 e. The highest BCUT2D eigenvalue weighted by atomic mass is 16.1. The minimum absolute atomic E-state index is 0.314. The molecule has 3 heteroatoms. The van der Waals surface area contributed by atoms with Crippen molar-refractivity contribution in [2.24, 2.45) is 5.10 Å². The summed E-state index contributed by atoms with van der Waals surface area (Å²) in [4.78, 5) is 11.7. The topological polar surface area (TPSA) is 32.7 Å². The van der Waals surface area contributed by atoms with Crippen molar-refractivity contribution in [2.45, 2.75) is 38.8 Å². The number of hydrazone groups is 1. The van der Waals surface area contributed by atoms with Gasteiger partial charge in [0.2, 0.25) is 0 Å². The van der Waals surface area contributed by atoms with E-state index in [2.05, 4.69) is 29.3 Å². The first-order chi connectivity index (χ1) is 11.3. The summed E-state index contributed by atoms with van der Waals surface area (Å²) in [6, 6.07) is 20.7. The van der Waals surface area contributed by atoms with Gasteiger partial charge in [-0.2, -0.15) is 5.10 Å². The SMILES string of the molecule is O=C1CCC/C(=N/N(Cc2ccccc2)Cc2ccccc2)C1. The molecule has 0 aromatic heterocycles. The van der Waals surface area contributed by atoms with E-state index in [1.807, 2.05) is 36.4 Å². The van der Waals surface area contributed by atoms with Gasteiger partial charge in [-0.1, -0.05) is 60.7 Å². The third-order valence-electron chi connectivity index (χ3n) is 4.02. The van der Waals surface area contributed by atoms with E-state index >= 15 is 0 Å². The standard InChI is InChI=1S/C20H22N2O/c23-20-13-7-12-19(14-20)21-22(15-17-8-3-1-4-9-17)16-18-10-5-2-6-11-18/h1-6,8-11H,7,12-16H2/b21-19-. The second kappa shape index (κ2) is 7.73. The average molecular weight is 306 g/mol. The van der Waals surface area contributed by atoms with Gasteiger partial charge in [0.25, 0.3) is 0 Å². The molecule has 0 heterocycles. The Kier molecular flexibility index (Phi) is 5.20. The fourth-order valence-corrected chi connectivity index (χ4v) is 2.89. The highest BCUT2D eigenvalue weighted by Gasteiger charge is 2.16. The fourth-order valence-electron chi connectivity index (χ4n) is 2.89. The van der Waals surface area contributed by atoms with E-state index in [-0.39, 0.29) is 0 Å². The summed E-state index contributed by atoms with van der Waals surface area (Å²) in [7, 11) is 0. The summed E-state index contributed by atoms with van der Waals surface area (Å²) in [6.07, 6.45) is 3.09. The number of hydrogen-bond donors (Lipinski definition) is 0. The molecule has 2 aromatic carbocycles. The predicted octanol–water partition coefficient (Wildman–Crippen LogP) is 4.19. The highest BCUT2D eigenvalue weighted by Crippen LogP contribution is 2.16. The van der Waals surface area contributed by atoms with Crippen LogP contribution in [0.2, 0.25) is 0 Å². The fraction of sp³-hybridized carbons (Fsp3) is 0.300. The van der Waals surface area contributed by atoms with Crippen molar-refractivity contribution < 1.29 is 4.79 Å². The van der Waals surface area contributed by atoms with Crippen molar-refractivity contribution in [3.63, 3.8) is 0 Å². The van der Waals surface area contributed by atoms with E-state index in [0.29, 0.717) is 18.6 Å². The predicted molar refractivity (Wildman–Crippen MR) is 93.0 cm³/mol. The number of rotatable bonds is 5. The Hall–Kier alpha value is -2.42. The highest BCUT2D eigenvalue weighted by molar-refractivity contribution is 6.03. The molecule has 1 aliphatic carbocycles. The lowest BCUT2D eigenvalue weighted by molar-refractivity contribution is -0.118. The van der Waals surface area contributed by atoms with E-state index in [1.54, 1.807) is 0 Å². The molecule has 0 bridgehead atoms. The molecular weight excluding hydrogens is 284 g/mol. The van der Waals surface area contributed by atoms with Gasteiger partial charge in [0, 0.05) is 18.6 Å². The van der Waals surface area contributed by atoms with Gasteiger partial charge in [0.1, 0.15) is 5.78 Å². The molecule has 23 heavy (non-hydrogen) atoms. The molecule has 1 aliphatic rings. The molecule has 0 amide bonds. The minimum Gasteiger partial charge on any atom is -0.299 e. The summed E-state index contributed by atoms with van der Waals surface area (Å²) in [5.74, 6) is 0.314. The summed E-state index contributed by atoms with van der Waals surface area (Å²) in [5, 5.41) is 6.89. The van der Waals surface area contributed by atoms with Gasteiger partial charge in [-0.25, -0.2) is 0 Å². The summed E-state index contributed by atoms with van der Waals surface area (Å²) in [5.41, 5.74) is 3.48. The third-order valence-corrected chi connectivity index (χ3v) is 4.02. The van der Waals surface area contributed by atoms with E-state index in [9.17, 15) is 4.79 Å². The number of nitrogens with zero attached hydrogens (tertiary/aromatic N) is 2. The first-order valence-electron chi connectivity index (χ1n) is 8.20. The molecule has 0 aliphatic heterocycles. The zero-order chi connectivity index (χ0) is 15.9. The molecule has 118 valence electrons. The normalized spacial score (nSPS) is 16.5. The second-order valence-electron chi connectivity index (χ2n) is 6.03. The Morgan fingerprint density at radius 2 is 1.39 bits per heavy atom. The van der Waals surface area contributed by atoms with Crippen LogP contribution in [0.3, 0.4) is 0 Å². The van der Waals surface area contributed by atoms with Crippen LogP contribution in [-0.4, -0.2) is 16.5 Å². The number of ketones is 1. The average Bonchev–Trinajstić information content (AvgIpc) is 2.57. The molecule has 0 saturated heterocycles. The van der Waals surface area contributed by atoms with Gasteiger partial charge < -0.3 is 0 Å². The molecule has 0 spiro atoms. The Labute approximate surface area is 137 Å². The van der Waals surface area contributed by atoms with Crippen LogP contribution in [0.25, 0.3) is 0 Å². The Morgan fingerprint density at radius 1 is 0.826 bits per heavy atom. The van der Waals surface area contributed by atoms with Gasteiger partial charge in [-0.15, -0.1) is 0 Å². The second-order valence-corrected chi connectivity index (χ2v) is 6.03. The van der Waals surface area contributed by atoms with Gasteiger partial charge in [0.15, 0.2) is 0 Å². The lowest BCUT2D eigenvalue weighted by Crippen LogP contribution is -2.22. The molecule has 3 rings (SSSR count). The first-order valence-corrected chi connectivity index (χ1v) is 8.20. The molecule has 1 fully saturated rings. The van der Waals surface area contributed by atoms with Crippen molar-refractivity contribution in [1.82, 2.24) is 5.01 Å². The number of Topliss-reactive ketones (excluding diaryl/α,β-unsaturated/α-hetero) is 1. The Morgan fingerprint density at radius 3 is 1.91 bits per heavy atom. The quantitative estimate of drug-likeness (QED) is 0.776. The van der Waals surface area contributed by atoms with Crippen LogP contribution in [0, 0.1) is 0 Å². The molecule has 1 saturated carbocycles. The third kappa shape index (κ3) is 4.78. The first kappa shape index (κ1) is 15.5. The van der Waals surface area contributed by atoms with Gasteiger partial charge in [-0.3, -0.25) is 9.80 Å². The largest absolute Gasteiger partial charge is 0.299 e. The Balaban J connectivity index is 1.77. The monoisotopic (exact) mass is 306 g/mol.